The molecule has 3 aromatic carbocycles. The maximum absolute atomic E-state index is 11.9. The predicted octanol–water partition coefficient (Wildman–Crippen LogP) is 3.04. The minimum Gasteiger partial charge on any atom is -0.504 e. The van der Waals surface area contributed by atoms with Gasteiger partial charge in [-0.3, -0.25) is 4.55 Å². The second-order valence-corrected chi connectivity index (χ2v) is 7.64. The SMILES string of the molecule is O=S(=O)(O)c1ccccc1C1c2ccc(O)c(O)c2Oc2c1ccc(O)c2O. The van der Waals surface area contributed by atoms with Crippen molar-refractivity contribution in [2.75, 3.05) is 0 Å². The van der Waals surface area contributed by atoms with Crippen molar-refractivity contribution in [3.8, 4) is 34.5 Å². The van der Waals surface area contributed by atoms with Gasteiger partial charge in [-0.1, -0.05) is 30.3 Å². The van der Waals surface area contributed by atoms with Crippen LogP contribution in [0.5, 0.6) is 34.5 Å². The van der Waals surface area contributed by atoms with Gasteiger partial charge < -0.3 is 25.2 Å². The third-order valence-corrected chi connectivity index (χ3v) is 5.54. The Labute approximate surface area is 159 Å². The number of benzene rings is 3. The van der Waals surface area contributed by atoms with Crippen molar-refractivity contribution in [1.29, 1.82) is 0 Å². The summed E-state index contributed by atoms with van der Waals surface area (Å²) in [4.78, 5) is -0.362. The lowest BCUT2D eigenvalue weighted by Crippen LogP contribution is -2.15. The monoisotopic (exact) mass is 402 g/mol. The van der Waals surface area contributed by atoms with Crippen LogP contribution >= 0.6 is 0 Å². The molecular formula is C19H14O8S. The lowest BCUT2D eigenvalue weighted by atomic mass is 9.82. The standard InChI is InChI=1S/C19H14O8S/c20-12-7-5-10-15(9-3-1-2-4-14(9)28(24,25)26)11-6-8-13(21)17(23)19(11)27-18(10)16(12)22/h1-8,15,20-23H,(H,24,25,26). The predicted molar refractivity (Wildman–Crippen MR) is 96.8 cm³/mol. The molecule has 9 heteroatoms. The Balaban J connectivity index is 2.10. The van der Waals surface area contributed by atoms with Crippen molar-refractivity contribution in [3.63, 3.8) is 0 Å². The molecule has 0 atom stereocenters. The van der Waals surface area contributed by atoms with Crippen LogP contribution in [0, 0.1) is 0 Å². The van der Waals surface area contributed by atoms with Gasteiger partial charge in [0.15, 0.2) is 23.0 Å². The van der Waals surface area contributed by atoms with Gasteiger partial charge in [-0.25, -0.2) is 0 Å². The zero-order valence-electron chi connectivity index (χ0n) is 14.1. The Kier molecular flexibility index (Phi) is 3.88. The van der Waals surface area contributed by atoms with Gasteiger partial charge in [-0.05, 0) is 23.8 Å². The number of phenols is 4. The number of ether oxygens (including phenoxy) is 1. The first-order chi connectivity index (χ1) is 13.2. The van der Waals surface area contributed by atoms with Crippen molar-refractivity contribution in [2.24, 2.45) is 0 Å². The smallest absolute Gasteiger partial charge is 0.294 e. The van der Waals surface area contributed by atoms with Gasteiger partial charge in [0.05, 0.1) is 4.90 Å². The zero-order chi connectivity index (χ0) is 20.2. The van der Waals surface area contributed by atoms with Crippen molar-refractivity contribution in [2.45, 2.75) is 10.8 Å². The van der Waals surface area contributed by atoms with Crippen LogP contribution in [0.1, 0.15) is 22.6 Å². The highest BCUT2D eigenvalue weighted by Crippen LogP contribution is 2.57. The third kappa shape index (κ3) is 2.60. The van der Waals surface area contributed by atoms with E-state index >= 15 is 0 Å². The van der Waals surface area contributed by atoms with Crippen LogP contribution in [0.2, 0.25) is 0 Å². The maximum Gasteiger partial charge on any atom is 0.294 e. The topological polar surface area (TPSA) is 145 Å². The van der Waals surface area contributed by atoms with Gasteiger partial charge in [0.2, 0.25) is 11.5 Å². The molecular weight excluding hydrogens is 388 g/mol. The highest BCUT2D eigenvalue weighted by molar-refractivity contribution is 7.85. The van der Waals surface area contributed by atoms with Crippen molar-refractivity contribution in [3.05, 3.63) is 65.2 Å². The number of aromatic hydroxyl groups is 4. The number of hydrogen-bond acceptors (Lipinski definition) is 7. The zero-order valence-corrected chi connectivity index (χ0v) is 14.9. The number of fused-ring (bicyclic) bond motifs is 2. The Hall–Kier alpha value is -3.43. The summed E-state index contributed by atoms with van der Waals surface area (Å²) in [6, 6.07) is 11.0. The van der Waals surface area contributed by atoms with Crippen molar-refractivity contribution >= 4 is 10.1 Å². The van der Waals surface area contributed by atoms with E-state index in [1.54, 1.807) is 6.07 Å². The first-order valence-electron chi connectivity index (χ1n) is 8.04. The second kappa shape index (κ2) is 6.04. The molecule has 0 bridgehead atoms. The second-order valence-electron chi connectivity index (χ2n) is 6.25. The van der Waals surface area contributed by atoms with E-state index in [4.69, 9.17) is 4.74 Å². The molecule has 4 rings (SSSR count). The normalized spacial score (nSPS) is 13.5. The van der Waals surface area contributed by atoms with Crippen molar-refractivity contribution in [1.82, 2.24) is 0 Å². The minimum absolute atomic E-state index is 0.158. The molecule has 1 aliphatic rings. The van der Waals surface area contributed by atoms with Crippen LogP contribution in [0.3, 0.4) is 0 Å². The molecule has 0 aromatic heterocycles. The molecule has 0 saturated carbocycles. The fourth-order valence-electron chi connectivity index (χ4n) is 3.38. The van der Waals surface area contributed by atoms with E-state index in [9.17, 15) is 33.4 Å². The van der Waals surface area contributed by atoms with Gasteiger partial charge in [0.25, 0.3) is 10.1 Å². The van der Waals surface area contributed by atoms with Gasteiger partial charge in [0.1, 0.15) is 0 Å². The average molecular weight is 402 g/mol. The summed E-state index contributed by atoms with van der Waals surface area (Å²) in [5.41, 5.74) is 0.749. The molecule has 3 aromatic rings. The van der Waals surface area contributed by atoms with Crippen LogP contribution in [0.4, 0.5) is 0 Å². The molecule has 0 amide bonds. The molecule has 0 spiro atoms. The summed E-state index contributed by atoms with van der Waals surface area (Å²) in [7, 11) is -4.59. The van der Waals surface area contributed by atoms with E-state index < -0.39 is 39.0 Å². The van der Waals surface area contributed by atoms with Crippen LogP contribution in [-0.2, 0) is 10.1 Å². The minimum atomic E-state index is -4.59. The van der Waals surface area contributed by atoms with Gasteiger partial charge in [-0.2, -0.15) is 8.42 Å². The average Bonchev–Trinajstić information content (AvgIpc) is 2.66. The van der Waals surface area contributed by atoms with E-state index in [2.05, 4.69) is 0 Å². The summed E-state index contributed by atoms with van der Waals surface area (Å²) in [6.45, 7) is 0. The van der Waals surface area contributed by atoms with Gasteiger partial charge in [-0.15, -0.1) is 0 Å². The van der Waals surface area contributed by atoms with E-state index in [0.29, 0.717) is 11.1 Å². The first-order valence-corrected chi connectivity index (χ1v) is 9.48. The molecule has 144 valence electrons. The summed E-state index contributed by atoms with van der Waals surface area (Å²) in [5, 5.41) is 40.1. The molecule has 1 aliphatic heterocycles. The van der Waals surface area contributed by atoms with Crippen LogP contribution in [0.15, 0.2) is 53.4 Å². The first kappa shape index (κ1) is 18.0. The van der Waals surface area contributed by atoms with Gasteiger partial charge in [0, 0.05) is 17.0 Å². The molecule has 0 fully saturated rings. The molecule has 8 nitrogen and oxygen atoms in total. The molecule has 28 heavy (non-hydrogen) atoms. The van der Waals surface area contributed by atoms with Crippen LogP contribution < -0.4 is 4.74 Å². The number of hydrogen-bond donors (Lipinski definition) is 5. The van der Waals surface area contributed by atoms with Crippen LogP contribution in [0.25, 0.3) is 0 Å². The van der Waals surface area contributed by atoms with E-state index in [0.717, 1.165) is 0 Å². The fraction of sp³-hybridized carbons (Fsp3) is 0.0526. The summed E-state index contributed by atoms with van der Waals surface area (Å²) < 4.78 is 39.0. The third-order valence-electron chi connectivity index (χ3n) is 4.62. The Morgan fingerprint density at radius 1 is 0.714 bits per heavy atom. The van der Waals surface area contributed by atoms with E-state index in [1.807, 2.05) is 0 Å². The van der Waals surface area contributed by atoms with E-state index in [-0.39, 0.29) is 22.0 Å². The van der Waals surface area contributed by atoms with E-state index in [1.165, 1.54) is 42.5 Å². The molecule has 0 radical (unpaired) electrons. The molecule has 0 saturated heterocycles. The highest BCUT2D eigenvalue weighted by atomic mass is 32.2. The molecule has 0 aliphatic carbocycles. The molecule has 0 unspecified atom stereocenters. The van der Waals surface area contributed by atoms with Crippen LogP contribution in [-0.4, -0.2) is 33.4 Å². The Morgan fingerprint density at radius 3 is 1.71 bits per heavy atom. The van der Waals surface area contributed by atoms with Crippen molar-refractivity contribution < 1.29 is 38.1 Å². The largest absolute Gasteiger partial charge is 0.504 e. The molecule has 1 heterocycles. The highest BCUT2D eigenvalue weighted by Gasteiger charge is 2.36. The lowest BCUT2D eigenvalue weighted by molar-refractivity contribution is 0.340. The lowest BCUT2D eigenvalue weighted by Gasteiger charge is -2.30. The Bertz CT molecular complexity index is 1160. The van der Waals surface area contributed by atoms with Gasteiger partial charge >= 0.3 is 0 Å². The summed E-state index contributed by atoms with van der Waals surface area (Å²) >= 11 is 0. The summed E-state index contributed by atoms with van der Waals surface area (Å²) in [6.07, 6.45) is 0. The quantitative estimate of drug-likeness (QED) is 0.254. The maximum atomic E-state index is 11.9. The Morgan fingerprint density at radius 2 is 1.21 bits per heavy atom. The number of phenolic OH excluding ortho intramolecular Hbond substituents is 4. The number of rotatable bonds is 2. The fourth-order valence-corrected chi connectivity index (χ4v) is 4.11. The summed E-state index contributed by atoms with van der Waals surface area (Å²) in [5.74, 6) is -3.49. The molecule has 5 N–H and O–H groups in total.